The summed E-state index contributed by atoms with van der Waals surface area (Å²) in [6.07, 6.45) is -3.59. The molecule has 0 amide bonds. The molecule has 0 bridgehead atoms. The zero-order valence-corrected chi connectivity index (χ0v) is 7.88. The Labute approximate surface area is 85.3 Å². The Morgan fingerprint density at radius 3 is 2.40 bits per heavy atom. The zero-order chi connectivity index (χ0) is 11.1. The van der Waals surface area contributed by atoms with Crippen molar-refractivity contribution in [2.45, 2.75) is 24.7 Å². The van der Waals surface area contributed by atoms with Gasteiger partial charge in [-0.2, -0.15) is 13.2 Å². The van der Waals surface area contributed by atoms with Crippen molar-refractivity contribution < 1.29 is 13.2 Å². The molecule has 0 aliphatic heterocycles. The highest BCUT2D eigenvalue weighted by Crippen LogP contribution is 2.36. The van der Waals surface area contributed by atoms with Crippen LogP contribution in [0.2, 0.25) is 0 Å². The van der Waals surface area contributed by atoms with E-state index >= 15 is 0 Å². The molecule has 3 N–H and O–H groups in total. The predicted molar refractivity (Wildman–Crippen MR) is 51.4 cm³/mol. The average Bonchev–Trinajstić information content (AvgIpc) is 2.81. The van der Waals surface area contributed by atoms with Crippen LogP contribution in [0.3, 0.4) is 0 Å². The number of halogens is 3. The quantitative estimate of drug-likeness (QED) is 0.795. The van der Waals surface area contributed by atoms with Crippen LogP contribution in [0.15, 0.2) is 24.3 Å². The van der Waals surface area contributed by atoms with Crippen molar-refractivity contribution in [1.82, 2.24) is 0 Å². The van der Waals surface area contributed by atoms with Gasteiger partial charge in [0.15, 0.2) is 0 Å². The number of benzene rings is 1. The molecule has 1 aromatic rings. The van der Waals surface area contributed by atoms with E-state index in [1.165, 1.54) is 12.1 Å². The van der Waals surface area contributed by atoms with Gasteiger partial charge in [0.25, 0.3) is 0 Å². The molecule has 5 heteroatoms. The summed E-state index contributed by atoms with van der Waals surface area (Å²) in [6.45, 7) is 0. The van der Waals surface area contributed by atoms with Gasteiger partial charge in [-0.3, -0.25) is 0 Å². The predicted octanol–water partition coefficient (Wildman–Crippen LogP) is 2.22. The number of hydrogen-bond acceptors (Lipinski definition) is 2. The molecule has 0 heterocycles. The van der Waals surface area contributed by atoms with E-state index in [4.69, 9.17) is 5.73 Å². The SMILES string of the molecule is NC1CC1Nc1ccccc1C(F)(F)F. The maximum atomic E-state index is 12.5. The van der Waals surface area contributed by atoms with E-state index in [9.17, 15) is 13.2 Å². The molecule has 15 heavy (non-hydrogen) atoms. The first-order chi connectivity index (χ1) is 6.98. The largest absolute Gasteiger partial charge is 0.418 e. The highest BCUT2D eigenvalue weighted by Gasteiger charge is 2.37. The van der Waals surface area contributed by atoms with Gasteiger partial charge in [0.1, 0.15) is 0 Å². The molecule has 0 saturated heterocycles. The van der Waals surface area contributed by atoms with Crippen LogP contribution >= 0.6 is 0 Å². The summed E-state index contributed by atoms with van der Waals surface area (Å²) in [5.41, 5.74) is 5.01. The normalized spacial score (nSPS) is 25.1. The molecule has 1 aliphatic rings. The Morgan fingerprint density at radius 1 is 1.27 bits per heavy atom. The van der Waals surface area contributed by atoms with Crippen molar-refractivity contribution >= 4 is 5.69 Å². The van der Waals surface area contributed by atoms with Crippen LogP contribution in [0.25, 0.3) is 0 Å². The maximum Gasteiger partial charge on any atom is 0.418 e. The summed E-state index contributed by atoms with van der Waals surface area (Å²) in [5.74, 6) is 0. The van der Waals surface area contributed by atoms with E-state index in [-0.39, 0.29) is 17.8 Å². The average molecular weight is 216 g/mol. The van der Waals surface area contributed by atoms with E-state index in [0.29, 0.717) is 0 Å². The van der Waals surface area contributed by atoms with E-state index in [2.05, 4.69) is 5.32 Å². The summed E-state index contributed by atoms with van der Waals surface area (Å²) in [4.78, 5) is 0. The van der Waals surface area contributed by atoms with Crippen LogP contribution < -0.4 is 11.1 Å². The molecule has 1 aromatic carbocycles. The molecular weight excluding hydrogens is 205 g/mol. The second kappa shape index (κ2) is 3.41. The molecule has 2 nitrogen and oxygen atoms in total. The minimum absolute atomic E-state index is 0.0199. The number of para-hydroxylation sites is 1. The monoisotopic (exact) mass is 216 g/mol. The Bertz CT molecular complexity index is 362. The molecule has 2 rings (SSSR count). The van der Waals surface area contributed by atoms with Crippen molar-refractivity contribution in [1.29, 1.82) is 0 Å². The summed E-state index contributed by atoms with van der Waals surface area (Å²) in [7, 11) is 0. The first kappa shape index (κ1) is 10.3. The lowest BCUT2D eigenvalue weighted by atomic mass is 10.1. The molecule has 1 fully saturated rings. The maximum absolute atomic E-state index is 12.5. The molecule has 82 valence electrons. The van der Waals surface area contributed by atoms with Gasteiger partial charge < -0.3 is 11.1 Å². The number of anilines is 1. The van der Waals surface area contributed by atoms with E-state index in [1.54, 1.807) is 6.07 Å². The van der Waals surface area contributed by atoms with E-state index in [0.717, 1.165) is 12.5 Å². The lowest BCUT2D eigenvalue weighted by Gasteiger charge is -2.13. The zero-order valence-electron chi connectivity index (χ0n) is 7.88. The summed E-state index contributed by atoms with van der Waals surface area (Å²) < 4.78 is 37.6. The van der Waals surface area contributed by atoms with Crippen LogP contribution in [0.1, 0.15) is 12.0 Å². The van der Waals surface area contributed by atoms with Gasteiger partial charge in [-0.15, -0.1) is 0 Å². The Kier molecular flexibility index (Phi) is 2.34. The number of hydrogen-bond donors (Lipinski definition) is 2. The second-order valence-corrected chi connectivity index (χ2v) is 3.69. The van der Waals surface area contributed by atoms with Crippen LogP contribution in [0.5, 0.6) is 0 Å². The van der Waals surface area contributed by atoms with Crippen molar-refractivity contribution in [2.24, 2.45) is 5.73 Å². The molecule has 2 atom stereocenters. The van der Waals surface area contributed by atoms with Crippen molar-refractivity contribution in [3.8, 4) is 0 Å². The van der Waals surface area contributed by atoms with Crippen LogP contribution in [0.4, 0.5) is 18.9 Å². The fourth-order valence-corrected chi connectivity index (χ4v) is 1.44. The minimum Gasteiger partial charge on any atom is -0.380 e. The van der Waals surface area contributed by atoms with Gasteiger partial charge in [-0.25, -0.2) is 0 Å². The third-order valence-electron chi connectivity index (χ3n) is 2.41. The number of nitrogens with two attached hydrogens (primary N) is 1. The third kappa shape index (κ3) is 2.23. The molecule has 2 unspecified atom stereocenters. The highest BCUT2D eigenvalue weighted by atomic mass is 19.4. The lowest BCUT2D eigenvalue weighted by Crippen LogP contribution is -2.16. The molecule has 1 aliphatic carbocycles. The van der Waals surface area contributed by atoms with E-state index in [1.807, 2.05) is 0 Å². The summed E-state index contributed by atoms with van der Waals surface area (Å²) in [5, 5.41) is 2.80. The van der Waals surface area contributed by atoms with Gasteiger partial charge >= 0.3 is 6.18 Å². The number of nitrogens with one attached hydrogen (secondary N) is 1. The smallest absolute Gasteiger partial charge is 0.380 e. The fourth-order valence-electron chi connectivity index (χ4n) is 1.44. The topological polar surface area (TPSA) is 38.0 Å². The summed E-state index contributed by atoms with van der Waals surface area (Å²) >= 11 is 0. The Hall–Kier alpha value is -1.23. The van der Waals surface area contributed by atoms with Crippen molar-refractivity contribution in [3.05, 3.63) is 29.8 Å². The number of rotatable bonds is 2. The molecule has 0 aromatic heterocycles. The van der Waals surface area contributed by atoms with Gasteiger partial charge in [0.2, 0.25) is 0 Å². The van der Waals surface area contributed by atoms with Crippen molar-refractivity contribution in [3.63, 3.8) is 0 Å². The first-order valence-corrected chi connectivity index (χ1v) is 4.67. The highest BCUT2D eigenvalue weighted by molar-refractivity contribution is 5.54. The summed E-state index contributed by atoms with van der Waals surface area (Å²) in [6, 6.07) is 5.40. The lowest BCUT2D eigenvalue weighted by molar-refractivity contribution is -0.136. The number of alkyl halides is 3. The van der Waals surface area contributed by atoms with E-state index < -0.39 is 11.7 Å². The fraction of sp³-hybridized carbons (Fsp3) is 0.400. The molecular formula is C10H11F3N2. The molecule has 0 radical (unpaired) electrons. The van der Waals surface area contributed by atoms with Gasteiger partial charge in [-0.05, 0) is 18.6 Å². The van der Waals surface area contributed by atoms with Gasteiger partial charge in [0.05, 0.1) is 5.56 Å². The second-order valence-electron chi connectivity index (χ2n) is 3.69. The van der Waals surface area contributed by atoms with Crippen LogP contribution in [-0.4, -0.2) is 12.1 Å². The Balaban J connectivity index is 2.22. The van der Waals surface area contributed by atoms with Gasteiger partial charge in [0, 0.05) is 17.8 Å². The Morgan fingerprint density at radius 2 is 1.87 bits per heavy atom. The van der Waals surface area contributed by atoms with Crippen molar-refractivity contribution in [2.75, 3.05) is 5.32 Å². The van der Waals surface area contributed by atoms with Crippen LogP contribution in [0, 0.1) is 0 Å². The standard InChI is InChI=1S/C10H11F3N2/c11-10(12,13)6-3-1-2-4-8(6)15-9-5-7(9)14/h1-4,7,9,15H,5,14H2. The van der Waals surface area contributed by atoms with Crippen LogP contribution in [-0.2, 0) is 6.18 Å². The van der Waals surface area contributed by atoms with Gasteiger partial charge in [-0.1, -0.05) is 12.1 Å². The molecule has 0 spiro atoms. The third-order valence-corrected chi connectivity index (χ3v) is 2.41. The minimum atomic E-state index is -4.32. The first-order valence-electron chi connectivity index (χ1n) is 4.67. The molecule has 1 saturated carbocycles.